The Labute approximate surface area is 88.4 Å². The van der Waals surface area contributed by atoms with E-state index in [4.69, 9.17) is 0 Å². The van der Waals surface area contributed by atoms with E-state index in [9.17, 15) is 0 Å². The standard InChI is InChI=1S/C11H12N4/c1-9(11-4-2-3-5-14-11)15-10-6-12-8-13-7-10/h2-9,15H,1H3. The third-order valence-electron chi connectivity index (χ3n) is 2.08. The Morgan fingerprint density at radius 2 is 2.00 bits per heavy atom. The van der Waals surface area contributed by atoms with E-state index in [1.54, 1.807) is 18.6 Å². The summed E-state index contributed by atoms with van der Waals surface area (Å²) in [7, 11) is 0. The summed E-state index contributed by atoms with van der Waals surface area (Å²) in [5.41, 5.74) is 1.90. The van der Waals surface area contributed by atoms with Gasteiger partial charge in [0.1, 0.15) is 6.33 Å². The van der Waals surface area contributed by atoms with Gasteiger partial charge in [-0.15, -0.1) is 0 Å². The molecule has 4 nitrogen and oxygen atoms in total. The minimum absolute atomic E-state index is 0.150. The molecule has 4 heteroatoms. The van der Waals surface area contributed by atoms with Gasteiger partial charge in [0.05, 0.1) is 29.8 Å². The molecule has 0 radical (unpaired) electrons. The Morgan fingerprint density at radius 3 is 2.67 bits per heavy atom. The summed E-state index contributed by atoms with van der Waals surface area (Å²) in [5, 5.41) is 3.27. The lowest BCUT2D eigenvalue weighted by atomic mass is 10.2. The summed E-state index contributed by atoms with van der Waals surface area (Å²) in [6.07, 6.45) is 6.78. The van der Waals surface area contributed by atoms with Gasteiger partial charge in [-0.3, -0.25) is 4.98 Å². The van der Waals surface area contributed by atoms with Crippen molar-refractivity contribution in [3.05, 3.63) is 48.8 Å². The number of nitrogens with zero attached hydrogens (tertiary/aromatic N) is 3. The van der Waals surface area contributed by atoms with Crippen LogP contribution in [-0.4, -0.2) is 15.0 Å². The van der Waals surface area contributed by atoms with Crippen LogP contribution in [0.4, 0.5) is 5.69 Å². The summed E-state index contributed by atoms with van der Waals surface area (Å²) >= 11 is 0. The molecule has 0 saturated heterocycles. The molecule has 0 saturated carbocycles. The van der Waals surface area contributed by atoms with Gasteiger partial charge in [0.15, 0.2) is 0 Å². The fourth-order valence-electron chi connectivity index (χ4n) is 1.33. The van der Waals surface area contributed by atoms with E-state index < -0.39 is 0 Å². The van der Waals surface area contributed by atoms with Crippen LogP contribution in [0.1, 0.15) is 18.7 Å². The fourth-order valence-corrected chi connectivity index (χ4v) is 1.33. The van der Waals surface area contributed by atoms with Crippen molar-refractivity contribution in [2.24, 2.45) is 0 Å². The number of rotatable bonds is 3. The van der Waals surface area contributed by atoms with Crippen molar-refractivity contribution < 1.29 is 0 Å². The van der Waals surface area contributed by atoms with Crippen LogP contribution in [0.3, 0.4) is 0 Å². The predicted octanol–water partition coefficient (Wildman–Crippen LogP) is 2.04. The van der Waals surface area contributed by atoms with Gasteiger partial charge < -0.3 is 5.32 Å². The molecular formula is C11H12N4. The van der Waals surface area contributed by atoms with Gasteiger partial charge in [-0.1, -0.05) is 6.07 Å². The van der Waals surface area contributed by atoms with Gasteiger partial charge in [0.2, 0.25) is 0 Å². The Morgan fingerprint density at radius 1 is 1.20 bits per heavy atom. The quantitative estimate of drug-likeness (QED) is 0.823. The molecule has 0 fully saturated rings. The van der Waals surface area contributed by atoms with Crippen LogP contribution in [0, 0.1) is 0 Å². The van der Waals surface area contributed by atoms with Crippen molar-refractivity contribution in [2.75, 3.05) is 5.32 Å². The first-order valence-corrected chi connectivity index (χ1v) is 4.79. The lowest BCUT2D eigenvalue weighted by Gasteiger charge is -2.13. The molecule has 0 aromatic carbocycles. The summed E-state index contributed by atoms with van der Waals surface area (Å²) < 4.78 is 0. The zero-order valence-corrected chi connectivity index (χ0v) is 8.46. The summed E-state index contributed by atoms with van der Waals surface area (Å²) in [4.78, 5) is 12.1. The molecule has 1 N–H and O–H groups in total. The predicted molar refractivity (Wildman–Crippen MR) is 58.3 cm³/mol. The highest BCUT2D eigenvalue weighted by atomic mass is 15.0. The first-order valence-electron chi connectivity index (χ1n) is 4.79. The lowest BCUT2D eigenvalue weighted by molar-refractivity contribution is 0.836. The molecule has 2 aromatic rings. The first-order chi connectivity index (χ1) is 7.36. The first kappa shape index (κ1) is 9.58. The second-order valence-corrected chi connectivity index (χ2v) is 3.25. The van der Waals surface area contributed by atoms with Gasteiger partial charge in [0.25, 0.3) is 0 Å². The normalized spacial score (nSPS) is 12.1. The molecule has 2 heterocycles. The zero-order chi connectivity index (χ0) is 10.5. The van der Waals surface area contributed by atoms with Gasteiger partial charge in [0, 0.05) is 6.20 Å². The van der Waals surface area contributed by atoms with Crippen LogP contribution < -0.4 is 5.32 Å². The average molecular weight is 200 g/mol. The SMILES string of the molecule is CC(Nc1cncnc1)c1ccccn1. The van der Waals surface area contributed by atoms with Gasteiger partial charge >= 0.3 is 0 Å². The highest BCUT2D eigenvalue weighted by molar-refractivity contribution is 5.39. The van der Waals surface area contributed by atoms with Crippen molar-refractivity contribution in [1.29, 1.82) is 0 Å². The van der Waals surface area contributed by atoms with Crippen LogP contribution in [0.25, 0.3) is 0 Å². The number of anilines is 1. The molecule has 2 aromatic heterocycles. The molecule has 0 aliphatic heterocycles. The number of nitrogens with one attached hydrogen (secondary N) is 1. The molecule has 2 rings (SSSR count). The molecule has 1 atom stereocenters. The van der Waals surface area contributed by atoms with E-state index in [0.717, 1.165) is 11.4 Å². The van der Waals surface area contributed by atoms with Crippen molar-refractivity contribution in [2.45, 2.75) is 13.0 Å². The van der Waals surface area contributed by atoms with E-state index in [-0.39, 0.29) is 6.04 Å². The van der Waals surface area contributed by atoms with Crippen molar-refractivity contribution in [3.63, 3.8) is 0 Å². The minimum Gasteiger partial charge on any atom is -0.374 e. The third-order valence-corrected chi connectivity index (χ3v) is 2.08. The van der Waals surface area contributed by atoms with E-state index in [1.807, 2.05) is 18.2 Å². The highest BCUT2D eigenvalue weighted by Crippen LogP contribution is 2.14. The van der Waals surface area contributed by atoms with Gasteiger partial charge in [-0.05, 0) is 19.1 Å². The summed E-state index contributed by atoms with van der Waals surface area (Å²) in [5.74, 6) is 0. The molecule has 1 unspecified atom stereocenters. The maximum atomic E-state index is 4.27. The second-order valence-electron chi connectivity index (χ2n) is 3.25. The molecule has 0 aliphatic carbocycles. The van der Waals surface area contributed by atoms with Crippen LogP contribution in [0.2, 0.25) is 0 Å². The Hall–Kier alpha value is -1.97. The van der Waals surface area contributed by atoms with E-state index in [2.05, 4.69) is 27.2 Å². The van der Waals surface area contributed by atoms with E-state index in [0.29, 0.717) is 0 Å². The van der Waals surface area contributed by atoms with E-state index >= 15 is 0 Å². The van der Waals surface area contributed by atoms with Crippen LogP contribution in [0.15, 0.2) is 43.1 Å². The molecule has 0 bridgehead atoms. The van der Waals surface area contributed by atoms with Crippen LogP contribution in [-0.2, 0) is 0 Å². The van der Waals surface area contributed by atoms with Crippen LogP contribution in [0.5, 0.6) is 0 Å². The smallest absolute Gasteiger partial charge is 0.115 e. The average Bonchev–Trinajstić information content (AvgIpc) is 2.31. The molecule has 0 aliphatic rings. The molecule has 0 amide bonds. The Bertz CT molecular complexity index is 401. The topological polar surface area (TPSA) is 50.7 Å². The van der Waals surface area contributed by atoms with E-state index in [1.165, 1.54) is 6.33 Å². The van der Waals surface area contributed by atoms with Crippen molar-refractivity contribution >= 4 is 5.69 Å². The van der Waals surface area contributed by atoms with Gasteiger partial charge in [-0.2, -0.15) is 0 Å². The fraction of sp³-hybridized carbons (Fsp3) is 0.182. The Kier molecular flexibility index (Phi) is 2.88. The second kappa shape index (κ2) is 4.50. The van der Waals surface area contributed by atoms with Crippen molar-refractivity contribution in [1.82, 2.24) is 15.0 Å². The largest absolute Gasteiger partial charge is 0.374 e. The maximum Gasteiger partial charge on any atom is 0.115 e. The molecule has 76 valence electrons. The number of aromatic nitrogens is 3. The molecule has 15 heavy (non-hydrogen) atoms. The maximum absolute atomic E-state index is 4.27. The Balaban J connectivity index is 2.08. The summed E-state index contributed by atoms with van der Waals surface area (Å²) in [6.45, 7) is 2.05. The number of hydrogen-bond donors (Lipinski definition) is 1. The lowest BCUT2D eigenvalue weighted by Crippen LogP contribution is -2.08. The molecule has 0 spiro atoms. The minimum atomic E-state index is 0.150. The van der Waals surface area contributed by atoms with Crippen LogP contribution >= 0.6 is 0 Å². The highest BCUT2D eigenvalue weighted by Gasteiger charge is 2.05. The van der Waals surface area contributed by atoms with Crippen molar-refractivity contribution in [3.8, 4) is 0 Å². The number of pyridine rings is 1. The summed E-state index contributed by atoms with van der Waals surface area (Å²) in [6, 6.07) is 6.02. The monoisotopic (exact) mass is 200 g/mol. The zero-order valence-electron chi connectivity index (χ0n) is 8.46. The number of hydrogen-bond acceptors (Lipinski definition) is 4. The van der Waals surface area contributed by atoms with Gasteiger partial charge in [-0.25, -0.2) is 9.97 Å². The third kappa shape index (κ3) is 2.49. The molecular weight excluding hydrogens is 188 g/mol.